The Kier molecular flexibility index (Phi) is 3.00. The molecule has 4 N–H and O–H groups in total. The van der Waals surface area contributed by atoms with E-state index >= 15 is 0 Å². The molecule has 1 spiro atoms. The highest BCUT2D eigenvalue weighted by atomic mass is 28.3. The van der Waals surface area contributed by atoms with Gasteiger partial charge < -0.3 is 16.2 Å². The molecule has 0 fully saturated rings. The second-order valence-corrected chi connectivity index (χ2v) is 12.2. The van der Waals surface area contributed by atoms with Gasteiger partial charge in [-0.15, -0.1) is 0 Å². The maximum atomic E-state index is 12.8. The Morgan fingerprint density at radius 3 is 1.96 bits per heavy atom. The Bertz CT molecular complexity index is 1080. The number of nitrogen functional groups attached to an aromatic ring is 2. The number of carbonyl (C=O) groups excluding carboxylic acids is 1. The van der Waals surface area contributed by atoms with Crippen LogP contribution in [-0.2, 0) is 10.3 Å². The SMILES string of the molecule is C[Si]1(C)c2cc(N)ccc2C2(OC(=O)c3ccccc32)c2ccc(N)cc21. The molecule has 0 amide bonds. The molecule has 2 aliphatic heterocycles. The number of nitrogens with two attached hydrogens (primary N) is 2. The molecule has 0 saturated heterocycles. The van der Waals surface area contributed by atoms with Crippen molar-refractivity contribution < 1.29 is 9.53 Å². The minimum atomic E-state index is -2.08. The lowest BCUT2D eigenvalue weighted by atomic mass is 9.79. The van der Waals surface area contributed by atoms with Crippen molar-refractivity contribution in [1.82, 2.24) is 0 Å². The zero-order chi connectivity index (χ0) is 19.0. The summed E-state index contributed by atoms with van der Waals surface area (Å²) in [6.07, 6.45) is 0. The van der Waals surface area contributed by atoms with E-state index in [1.165, 1.54) is 10.4 Å². The van der Waals surface area contributed by atoms with Crippen molar-refractivity contribution in [3.8, 4) is 0 Å². The lowest BCUT2D eigenvalue weighted by Crippen LogP contribution is -2.63. The van der Waals surface area contributed by atoms with Gasteiger partial charge in [0.25, 0.3) is 0 Å². The van der Waals surface area contributed by atoms with E-state index in [2.05, 4.69) is 13.1 Å². The van der Waals surface area contributed by atoms with E-state index in [9.17, 15) is 4.79 Å². The maximum absolute atomic E-state index is 12.8. The number of esters is 1. The monoisotopic (exact) mass is 372 g/mol. The number of rotatable bonds is 0. The molecule has 0 atom stereocenters. The van der Waals surface area contributed by atoms with Crippen molar-refractivity contribution in [2.24, 2.45) is 0 Å². The molecule has 0 bridgehead atoms. The average molecular weight is 373 g/mol. The molecule has 0 saturated carbocycles. The van der Waals surface area contributed by atoms with Gasteiger partial charge in [-0.25, -0.2) is 4.79 Å². The van der Waals surface area contributed by atoms with E-state index < -0.39 is 13.7 Å². The van der Waals surface area contributed by atoms with Gasteiger partial charge in [0.05, 0.1) is 5.56 Å². The summed E-state index contributed by atoms with van der Waals surface area (Å²) >= 11 is 0. The predicted octanol–water partition coefficient (Wildman–Crippen LogP) is 2.45. The van der Waals surface area contributed by atoms with E-state index in [-0.39, 0.29) is 5.97 Å². The normalized spacial score (nSPS) is 17.8. The van der Waals surface area contributed by atoms with Crippen LogP contribution in [0.5, 0.6) is 0 Å². The Balaban J connectivity index is 1.97. The summed E-state index contributed by atoms with van der Waals surface area (Å²) in [5.41, 5.74) is 16.3. The smallest absolute Gasteiger partial charge is 0.340 e. The molecule has 2 aliphatic rings. The number of hydrogen-bond donors (Lipinski definition) is 2. The van der Waals surface area contributed by atoms with Crippen molar-refractivity contribution >= 4 is 35.8 Å². The van der Waals surface area contributed by atoms with Crippen LogP contribution in [0.1, 0.15) is 27.0 Å². The van der Waals surface area contributed by atoms with Crippen LogP contribution in [0, 0.1) is 0 Å². The van der Waals surface area contributed by atoms with Crippen molar-refractivity contribution in [2.75, 3.05) is 11.5 Å². The van der Waals surface area contributed by atoms with Crippen LogP contribution in [0.2, 0.25) is 13.1 Å². The average Bonchev–Trinajstić information content (AvgIpc) is 2.94. The Morgan fingerprint density at radius 1 is 0.815 bits per heavy atom. The van der Waals surface area contributed by atoms with Crippen LogP contribution in [0.15, 0.2) is 60.7 Å². The molecule has 2 heterocycles. The summed E-state index contributed by atoms with van der Waals surface area (Å²) in [6, 6.07) is 19.6. The molecule has 134 valence electrons. The Hall–Kier alpha value is -3.05. The van der Waals surface area contributed by atoms with Gasteiger partial charge in [-0.1, -0.05) is 43.4 Å². The van der Waals surface area contributed by atoms with E-state index in [0.29, 0.717) is 5.56 Å². The summed E-state index contributed by atoms with van der Waals surface area (Å²) in [5, 5.41) is 2.37. The summed E-state index contributed by atoms with van der Waals surface area (Å²) < 4.78 is 6.19. The number of carbonyl (C=O) groups is 1. The van der Waals surface area contributed by atoms with E-state index in [4.69, 9.17) is 16.2 Å². The molecule has 0 aromatic heterocycles. The van der Waals surface area contributed by atoms with Crippen molar-refractivity contribution in [2.45, 2.75) is 18.7 Å². The number of ether oxygens (including phenoxy) is 1. The summed E-state index contributed by atoms with van der Waals surface area (Å²) in [5.74, 6) is -0.294. The highest BCUT2D eigenvalue weighted by Gasteiger charge is 2.55. The van der Waals surface area contributed by atoms with Crippen LogP contribution in [0.4, 0.5) is 11.4 Å². The fourth-order valence-electron chi connectivity index (χ4n) is 4.68. The summed E-state index contributed by atoms with van der Waals surface area (Å²) in [4.78, 5) is 12.8. The van der Waals surface area contributed by atoms with Crippen LogP contribution in [-0.4, -0.2) is 14.0 Å². The van der Waals surface area contributed by atoms with E-state index in [1.54, 1.807) is 0 Å². The second kappa shape index (κ2) is 5.01. The van der Waals surface area contributed by atoms with Gasteiger partial charge in [0.1, 0.15) is 8.07 Å². The Labute approximate surface area is 158 Å². The third-order valence-electron chi connectivity index (χ3n) is 5.96. The van der Waals surface area contributed by atoms with Gasteiger partial charge in [0.2, 0.25) is 0 Å². The van der Waals surface area contributed by atoms with Crippen LogP contribution in [0.3, 0.4) is 0 Å². The van der Waals surface area contributed by atoms with Crippen molar-refractivity contribution in [3.63, 3.8) is 0 Å². The predicted molar refractivity (Wildman–Crippen MR) is 110 cm³/mol. The highest BCUT2D eigenvalue weighted by Crippen LogP contribution is 2.48. The van der Waals surface area contributed by atoms with Gasteiger partial charge in [-0.2, -0.15) is 0 Å². The zero-order valence-electron chi connectivity index (χ0n) is 15.2. The van der Waals surface area contributed by atoms with Crippen LogP contribution in [0.25, 0.3) is 0 Å². The first-order valence-corrected chi connectivity index (χ1v) is 12.0. The lowest BCUT2D eigenvalue weighted by Gasteiger charge is -2.43. The third-order valence-corrected chi connectivity index (χ3v) is 9.49. The zero-order valence-corrected chi connectivity index (χ0v) is 16.2. The quantitative estimate of drug-likeness (QED) is 0.361. The van der Waals surface area contributed by atoms with Gasteiger partial charge in [0.15, 0.2) is 5.60 Å². The Morgan fingerprint density at radius 2 is 1.37 bits per heavy atom. The topological polar surface area (TPSA) is 78.3 Å². The molecule has 4 nitrogen and oxygen atoms in total. The number of benzene rings is 3. The molecule has 0 aliphatic carbocycles. The lowest BCUT2D eigenvalue weighted by molar-refractivity contribution is 0.0255. The van der Waals surface area contributed by atoms with Crippen LogP contribution < -0.4 is 21.8 Å². The van der Waals surface area contributed by atoms with Gasteiger partial charge in [-0.3, -0.25) is 0 Å². The second-order valence-electron chi connectivity index (χ2n) is 7.85. The molecular weight excluding hydrogens is 352 g/mol. The van der Waals surface area contributed by atoms with Gasteiger partial charge in [-0.05, 0) is 40.7 Å². The number of hydrogen-bond acceptors (Lipinski definition) is 4. The minimum absolute atomic E-state index is 0.294. The fourth-order valence-corrected chi connectivity index (χ4v) is 7.89. The van der Waals surface area contributed by atoms with Crippen molar-refractivity contribution in [1.29, 1.82) is 0 Å². The molecular formula is C22H20N2O2Si. The fraction of sp³-hybridized carbons (Fsp3) is 0.136. The summed E-state index contributed by atoms with van der Waals surface area (Å²) in [6.45, 7) is 4.58. The molecule has 27 heavy (non-hydrogen) atoms. The molecule has 5 rings (SSSR count). The number of anilines is 2. The molecule has 5 heteroatoms. The largest absolute Gasteiger partial charge is 0.441 e. The first kappa shape index (κ1) is 16.1. The maximum Gasteiger partial charge on any atom is 0.340 e. The molecule has 3 aromatic rings. The summed E-state index contributed by atoms with van der Waals surface area (Å²) in [7, 11) is -2.08. The first-order chi connectivity index (χ1) is 12.9. The van der Waals surface area contributed by atoms with Gasteiger partial charge in [0, 0.05) is 28.1 Å². The third kappa shape index (κ3) is 1.89. The van der Waals surface area contributed by atoms with Crippen molar-refractivity contribution in [3.05, 3.63) is 82.9 Å². The standard InChI is InChI=1S/C22H20N2O2Si/c1-27(2)19-11-13(23)7-9-17(19)22(18-10-8-14(24)12-20(18)27)16-6-4-3-5-15(16)21(25)26-22/h3-12H,23-24H2,1-2H3. The van der Waals surface area contributed by atoms with Gasteiger partial charge >= 0.3 is 5.97 Å². The van der Waals surface area contributed by atoms with E-state index in [0.717, 1.165) is 28.1 Å². The highest BCUT2D eigenvalue weighted by molar-refractivity contribution is 7.01. The van der Waals surface area contributed by atoms with E-state index in [1.807, 2.05) is 60.7 Å². The molecule has 0 radical (unpaired) electrons. The van der Waals surface area contributed by atoms with Crippen LogP contribution >= 0.6 is 0 Å². The molecule has 3 aromatic carbocycles. The number of fused-ring (bicyclic) bond motifs is 6. The first-order valence-electron chi connectivity index (χ1n) is 8.99. The minimum Gasteiger partial charge on any atom is -0.441 e. The molecule has 0 unspecified atom stereocenters.